The van der Waals surface area contributed by atoms with Gasteiger partial charge in [0.25, 0.3) is 0 Å². The molecule has 2 aromatic rings. The van der Waals surface area contributed by atoms with E-state index in [1.165, 1.54) is 24.4 Å². The van der Waals surface area contributed by atoms with Crippen molar-refractivity contribution in [3.63, 3.8) is 0 Å². The van der Waals surface area contributed by atoms with Gasteiger partial charge in [0, 0.05) is 50.0 Å². The molecular weight excluding hydrogens is 362 g/mol. The Morgan fingerprint density at radius 3 is 2.50 bits per heavy atom. The molecule has 1 saturated heterocycles. The van der Waals surface area contributed by atoms with Crippen molar-refractivity contribution in [3.8, 4) is 0 Å². The quantitative estimate of drug-likeness (QED) is 0.885. The number of halogens is 3. The van der Waals surface area contributed by atoms with Crippen LogP contribution in [-0.4, -0.2) is 42.0 Å². The highest BCUT2D eigenvalue weighted by Crippen LogP contribution is 2.28. The van der Waals surface area contributed by atoms with Crippen molar-refractivity contribution in [1.82, 2.24) is 9.88 Å². The van der Waals surface area contributed by atoms with Crippen LogP contribution in [0.15, 0.2) is 30.5 Å². The number of aromatic nitrogens is 1. The van der Waals surface area contributed by atoms with E-state index in [1.807, 2.05) is 11.8 Å². The molecule has 0 aliphatic carbocycles. The molecule has 0 bridgehead atoms. The van der Waals surface area contributed by atoms with E-state index < -0.39 is 17.5 Å². The van der Waals surface area contributed by atoms with Gasteiger partial charge in [-0.15, -0.1) is 0 Å². The number of carbonyl (C=O) groups excluding carboxylic acids is 1. The van der Waals surface area contributed by atoms with Crippen LogP contribution in [0.4, 0.5) is 14.6 Å². The van der Waals surface area contributed by atoms with E-state index in [-0.39, 0.29) is 11.6 Å². The van der Waals surface area contributed by atoms with Gasteiger partial charge in [0.15, 0.2) is 0 Å². The molecule has 5 nitrogen and oxygen atoms in total. The summed E-state index contributed by atoms with van der Waals surface area (Å²) >= 11 is 6.23. The Labute approximate surface area is 155 Å². The van der Waals surface area contributed by atoms with Gasteiger partial charge in [-0.1, -0.05) is 17.7 Å². The van der Waals surface area contributed by atoms with Gasteiger partial charge in [-0.3, -0.25) is 9.69 Å². The van der Waals surface area contributed by atoms with E-state index in [0.29, 0.717) is 42.6 Å². The van der Waals surface area contributed by atoms with Crippen LogP contribution in [0.2, 0.25) is 5.02 Å². The number of nitrogens with zero attached hydrogens (tertiary/aromatic N) is 3. The molecule has 1 aliphatic heterocycles. The van der Waals surface area contributed by atoms with Crippen LogP contribution in [0.5, 0.6) is 0 Å². The number of pyridine rings is 1. The molecule has 1 atom stereocenters. The summed E-state index contributed by atoms with van der Waals surface area (Å²) < 4.78 is 27.1. The topological polar surface area (TPSA) is 62.5 Å². The molecule has 1 unspecified atom stereocenters. The molecule has 1 fully saturated rings. The highest BCUT2D eigenvalue weighted by molar-refractivity contribution is 6.33. The second-order valence-electron chi connectivity index (χ2n) is 6.26. The minimum Gasteiger partial charge on any atom is -0.366 e. The van der Waals surface area contributed by atoms with Gasteiger partial charge >= 0.3 is 0 Å². The predicted octanol–water partition coefficient (Wildman–Crippen LogP) is 3.00. The summed E-state index contributed by atoms with van der Waals surface area (Å²) in [4.78, 5) is 19.6. The first kappa shape index (κ1) is 18.5. The first-order valence-electron chi connectivity index (χ1n) is 8.26. The fraction of sp³-hybridized carbons (Fsp3) is 0.333. The lowest BCUT2D eigenvalue weighted by Gasteiger charge is -2.39. The van der Waals surface area contributed by atoms with Crippen molar-refractivity contribution in [2.45, 2.75) is 13.0 Å². The highest BCUT2D eigenvalue weighted by atomic mass is 35.5. The maximum Gasteiger partial charge on any atom is 0.250 e. The first-order chi connectivity index (χ1) is 12.4. The number of carbonyl (C=O) groups is 1. The highest BCUT2D eigenvalue weighted by Gasteiger charge is 2.25. The third-order valence-electron chi connectivity index (χ3n) is 4.68. The third kappa shape index (κ3) is 3.78. The molecule has 0 saturated carbocycles. The van der Waals surface area contributed by atoms with Crippen LogP contribution in [0.25, 0.3) is 0 Å². The zero-order valence-electron chi connectivity index (χ0n) is 14.3. The number of hydrogen-bond acceptors (Lipinski definition) is 4. The van der Waals surface area contributed by atoms with Gasteiger partial charge in [0.05, 0.1) is 10.6 Å². The SMILES string of the molecule is CC(c1ccc(F)cc1F)N1CCN(c2ncc(C(N)=O)cc2Cl)CC1. The lowest BCUT2D eigenvalue weighted by molar-refractivity contribution is 0.1000. The summed E-state index contributed by atoms with van der Waals surface area (Å²) in [5, 5.41) is 0.368. The summed E-state index contributed by atoms with van der Waals surface area (Å²) in [5.41, 5.74) is 5.96. The molecule has 1 aromatic heterocycles. The third-order valence-corrected chi connectivity index (χ3v) is 4.96. The summed E-state index contributed by atoms with van der Waals surface area (Å²) in [6.07, 6.45) is 1.41. The molecule has 1 aliphatic rings. The minimum atomic E-state index is -0.580. The second kappa shape index (κ2) is 7.55. The molecule has 0 radical (unpaired) electrons. The van der Waals surface area contributed by atoms with Gasteiger partial charge < -0.3 is 10.6 Å². The predicted molar refractivity (Wildman–Crippen MR) is 96.3 cm³/mol. The van der Waals surface area contributed by atoms with Crippen molar-refractivity contribution in [3.05, 3.63) is 58.2 Å². The minimum absolute atomic E-state index is 0.168. The van der Waals surface area contributed by atoms with Crippen molar-refractivity contribution >= 4 is 23.3 Å². The Balaban J connectivity index is 1.68. The molecule has 26 heavy (non-hydrogen) atoms. The Bertz CT molecular complexity index is 825. The molecule has 0 spiro atoms. The van der Waals surface area contributed by atoms with E-state index >= 15 is 0 Å². The summed E-state index contributed by atoms with van der Waals surface area (Å²) in [6, 6.07) is 5.01. The molecular formula is C18H19ClF2N4O. The number of amides is 1. The van der Waals surface area contributed by atoms with E-state index in [4.69, 9.17) is 17.3 Å². The fourth-order valence-corrected chi connectivity index (χ4v) is 3.44. The van der Waals surface area contributed by atoms with Crippen LogP contribution in [0.1, 0.15) is 28.9 Å². The lowest BCUT2D eigenvalue weighted by atomic mass is 10.1. The zero-order valence-corrected chi connectivity index (χ0v) is 15.0. The first-order valence-corrected chi connectivity index (χ1v) is 8.64. The van der Waals surface area contributed by atoms with Gasteiger partial charge in [0.1, 0.15) is 17.5 Å². The van der Waals surface area contributed by atoms with Crippen LogP contribution in [-0.2, 0) is 0 Å². The molecule has 138 valence electrons. The van der Waals surface area contributed by atoms with Gasteiger partial charge in [-0.25, -0.2) is 13.8 Å². The van der Waals surface area contributed by atoms with Gasteiger partial charge in [-0.2, -0.15) is 0 Å². The average Bonchev–Trinajstić information content (AvgIpc) is 2.61. The van der Waals surface area contributed by atoms with Crippen LogP contribution < -0.4 is 10.6 Å². The van der Waals surface area contributed by atoms with E-state index in [0.717, 1.165) is 6.07 Å². The van der Waals surface area contributed by atoms with Crippen molar-refractivity contribution in [2.24, 2.45) is 5.73 Å². The average molecular weight is 381 g/mol. The smallest absolute Gasteiger partial charge is 0.250 e. The number of piperazine rings is 1. The summed E-state index contributed by atoms with van der Waals surface area (Å²) in [7, 11) is 0. The largest absolute Gasteiger partial charge is 0.366 e. The van der Waals surface area contributed by atoms with E-state index in [9.17, 15) is 13.6 Å². The van der Waals surface area contributed by atoms with Crippen LogP contribution in [0.3, 0.4) is 0 Å². The number of benzene rings is 1. The Hall–Kier alpha value is -2.25. The molecule has 2 N–H and O–H groups in total. The molecule has 2 heterocycles. The van der Waals surface area contributed by atoms with Crippen molar-refractivity contribution in [1.29, 1.82) is 0 Å². The second-order valence-corrected chi connectivity index (χ2v) is 6.67. The van der Waals surface area contributed by atoms with E-state index in [1.54, 1.807) is 0 Å². The number of nitrogens with two attached hydrogens (primary N) is 1. The lowest BCUT2D eigenvalue weighted by Crippen LogP contribution is -2.47. The molecule has 1 aromatic carbocycles. The summed E-state index contributed by atoms with van der Waals surface area (Å²) in [6.45, 7) is 4.55. The molecule has 1 amide bonds. The van der Waals surface area contributed by atoms with E-state index in [2.05, 4.69) is 9.88 Å². The number of rotatable bonds is 4. The monoisotopic (exact) mass is 380 g/mol. The maximum atomic E-state index is 14.0. The number of primary amides is 1. The Morgan fingerprint density at radius 1 is 1.23 bits per heavy atom. The number of hydrogen-bond donors (Lipinski definition) is 1. The zero-order chi connectivity index (χ0) is 18.8. The normalized spacial score (nSPS) is 16.5. The van der Waals surface area contributed by atoms with Gasteiger partial charge in [0.2, 0.25) is 5.91 Å². The maximum absolute atomic E-state index is 14.0. The molecule has 8 heteroatoms. The molecule has 3 rings (SSSR count). The van der Waals surface area contributed by atoms with Crippen molar-refractivity contribution < 1.29 is 13.6 Å². The summed E-state index contributed by atoms with van der Waals surface area (Å²) in [5.74, 6) is -1.10. The van der Waals surface area contributed by atoms with Crippen molar-refractivity contribution in [2.75, 3.05) is 31.1 Å². The standard InChI is InChI=1S/C18H19ClF2N4O/c1-11(14-3-2-13(20)9-16(14)21)24-4-6-25(7-5-24)18-15(19)8-12(10-23-18)17(22)26/h2-3,8-11H,4-7H2,1H3,(H2,22,26). The van der Waals surface area contributed by atoms with Crippen LogP contribution in [0, 0.1) is 11.6 Å². The number of anilines is 1. The Kier molecular flexibility index (Phi) is 5.38. The Morgan fingerprint density at radius 2 is 1.92 bits per heavy atom. The van der Waals surface area contributed by atoms with Crippen LogP contribution >= 0.6 is 11.6 Å². The fourth-order valence-electron chi connectivity index (χ4n) is 3.16. The van der Waals surface area contributed by atoms with Gasteiger partial charge in [-0.05, 0) is 19.1 Å².